The molecule has 0 amide bonds. The minimum absolute atomic E-state index is 0.0641. The Bertz CT molecular complexity index is 1020. The number of ketones is 1. The second-order valence-corrected chi connectivity index (χ2v) is 7.53. The number of hydrogen-bond acceptors (Lipinski definition) is 4. The quantitative estimate of drug-likeness (QED) is 0.273. The fourth-order valence-corrected chi connectivity index (χ4v) is 3.26. The van der Waals surface area contributed by atoms with E-state index in [1.165, 1.54) is 0 Å². The van der Waals surface area contributed by atoms with Crippen molar-refractivity contribution < 1.29 is 19.7 Å². The first kappa shape index (κ1) is 21.8. The molecule has 2 aromatic carbocycles. The lowest BCUT2D eigenvalue weighted by Crippen LogP contribution is -2.18. The van der Waals surface area contributed by atoms with Gasteiger partial charge in [0.2, 0.25) is 5.78 Å². The molecule has 0 unspecified atom stereocenters. The molecule has 1 heterocycles. The lowest BCUT2D eigenvalue weighted by atomic mass is 10.1. The number of aromatic nitrogens is 1. The van der Waals surface area contributed by atoms with Gasteiger partial charge in [-0.1, -0.05) is 65.7 Å². The maximum Gasteiger partial charge on any atom is 0.209 e. The van der Waals surface area contributed by atoms with Gasteiger partial charge in [-0.2, -0.15) is 0 Å². The van der Waals surface area contributed by atoms with E-state index < -0.39 is 0 Å². The fourth-order valence-electron chi connectivity index (χ4n) is 3.03. The van der Waals surface area contributed by atoms with Crippen molar-refractivity contribution in [2.75, 3.05) is 6.61 Å². The lowest BCUT2D eigenvalue weighted by Gasteiger charge is -2.13. The summed E-state index contributed by atoms with van der Waals surface area (Å²) >= 11 is 6.17. The number of carbonyl (C=O) groups excluding carboxylic acids is 1. The molecule has 0 bridgehead atoms. The molecule has 0 aliphatic rings. The summed E-state index contributed by atoms with van der Waals surface area (Å²) < 4.78 is 7.52. The van der Waals surface area contributed by atoms with Crippen LogP contribution in [-0.2, 0) is 11.4 Å². The van der Waals surface area contributed by atoms with Crippen LogP contribution in [0.2, 0.25) is 5.02 Å². The maximum atomic E-state index is 12.9. The SMILES string of the molecule is Cc1ccc(C(=O)c2cc(Cl)cn2C/C=C/c2cccc(O[C@@H](C)COO)c2)cc1. The molecule has 0 fully saturated rings. The van der Waals surface area contributed by atoms with E-state index in [4.69, 9.17) is 21.6 Å². The topological polar surface area (TPSA) is 60.7 Å². The van der Waals surface area contributed by atoms with E-state index in [-0.39, 0.29) is 18.5 Å². The molecule has 1 N–H and O–H groups in total. The molecule has 3 rings (SSSR count). The molecule has 0 radical (unpaired) electrons. The molecule has 1 atom stereocenters. The van der Waals surface area contributed by atoms with Gasteiger partial charge in [-0.25, -0.2) is 4.89 Å². The Labute approximate surface area is 181 Å². The molecule has 6 heteroatoms. The van der Waals surface area contributed by atoms with E-state index in [0.717, 1.165) is 11.1 Å². The Kier molecular flexibility index (Phi) is 7.46. The number of halogens is 1. The number of allylic oxidation sites excluding steroid dienone is 1. The third kappa shape index (κ3) is 5.83. The molecule has 0 saturated heterocycles. The standard InChI is InChI=1S/C24H24ClNO4/c1-17-8-10-20(11-9-17)24(27)23-14-21(25)15-26(23)12-4-6-19-5-3-7-22(13-19)30-18(2)16-29-28/h3-11,13-15,18,28H,12,16H2,1-2H3/b6-4+/t18-/m0/s1. The summed E-state index contributed by atoms with van der Waals surface area (Å²) in [7, 11) is 0. The predicted octanol–water partition coefficient (Wildman–Crippen LogP) is 5.65. The minimum atomic E-state index is -0.272. The summed E-state index contributed by atoms with van der Waals surface area (Å²) in [5, 5.41) is 9.04. The van der Waals surface area contributed by atoms with Gasteiger partial charge in [-0.05, 0) is 37.6 Å². The molecular formula is C24H24ClNO4. The van der Waals surface area contributed by atoms with E-state index in [1.807, 2.05) is 72.2 Å². The summed E-state index contributed by atoms with van der Waals surface area (Å²) in [4.78, 5) is 17.0. The van der Waals surface area contributed by atoms with E-state index >= 15 is 0 Å². The highest BCUT2D eigenvalue weighted by Gasteiger charge is 2.14. The van der Waals surface area contributed by atoms with Crippen LogP contribution in [0.4, 0.5) is 0 Å². The monoisotopic (exact) mass is 425 g/mol. The van der Waals surface area contributed by atoms with Gasteiger partial charge in [-0.15, -0.1) is 0 Å². The lowest BCUT2D eigenvalue weighted by molar-refractivity contribution is -0.253. The summed E-state index contributed by atoms with van der Waals surface area (Å²) in [5.41, 5.74) is 3.23. The van der Waals surface area contributed by atoms with Crippen molar-refractivity contribution in [2.24, 2.45) is 0 Å². The molecule has 0 aliphatic carbocycles. The Morgan fingerprint density at radius 1 is 1.20 bits per heavy atom. The van der Waals surface area contributed by atoms with Crippen LogP contribution in [0.5, 0.6) is 5.75 Å². The molecule has 3 aromatic rings. The predicted molar refractivity (Wildman–Crippen MR) is 118 cm³/mol. The fraction of sp³-hybridized carbons (Fsp3) is 0.208. The van der Waals surface area contributed by atoms with Gasteiger partial charge in [-0.3, -0.25) is 10.1 Å². The second-order valence-electron chi connectivity index (χ2n) is 7.09. The number of nitrogens with zero attached hydrogens (tertiary/aromatic N) is 1. The largest absolute Gasteiger partial charge is 0.488 e. The highest BCUT2D eigenvalue weighted by molar-refractivity contribution is 6.31. The third-order valence-electron chi connectivity index (χ3n) is 4.53. The van der Waals surface area contributed by atoms with Crippen LogP contribution in [0.25, 0.3) is 6.08 Å². The molecule has 0 spiro atoms. The van der Waals surface area contributed by atoms with Crippen LogP contribution >= 0.6 is 11.6 Å². The number of benzene rings is 2. The summed E-state index contributed by atoms with van der Waals surface area (Å²) in [6.45, 7) is 4.38. The minimum Gasteiger partial charge on any atom is -0.488 e. The highest BCUT2D eigenvalue weighted by Crippen LogP contribution is 2.20. The molecule has 156 valence electrons. The highest BCUT2D eigenvalue weighted by atomic mass is 35.5. The van der Waals surface area contributed by atoms with Gasteiger partial charge < -0.3 is 9.30 Å². The van der Waals surface area contributed by atoms with E-state index in [2.05, 4.69) is 4.89 Å². The zero-order valence-corrected chi connectivity index (χ0v) is 17.7. The number of ether oxygens (including phenoxy) is 1. The number of hydrogen-bond donors (Lipinski definition) is 1. The zero-order valence-electron chi connectivity index (χ0n) is 16.9. The molecule has 0 aliphatic heterocycles. The normalized spacial score (nSPS) is 12.3. The van der Waals surface area contributed by atoms with Crippen LogP contribution in [-0.4, -0.2) is 28.3 Å². The Morgan fingerprint density at radius 3 is 2.70 bits per heavy atom. The van der Waals surface area contributed by atoms with Crippen LogP contribution < -0.4 is 4.74 Å². The van der Waals surface area contributed by atoms with Crippen molar-refractivity contribution in [3.05, 3.63) is 94.3 Å². The third-order valence-corrected chi connectivity index (χ3v) is 4.73. The van der Waals surface area contributed by atoms with Crippen LogP contribution in [0.15, 0.2) is 66.9 Å². The first-order valence-corrected chi connectivity index (χ1v) is 10.0. The number of aryl methyl sites for hydroxylation is 1. The number of carbonyl (C=O) groups is 1. The Hall–Kier alpha value is -2.86. The van der Waals surface area contributed by atoms with Gasteiger partial charge in [0.15, 0.2) is 0 Å². The van der Waals surface area contributed by atoms with Gasteiger partial charge in [0.25, 0.3) is 0 Å². The van der Waals surface area contributed by atoms with E-state index in [9.17, 15) is 4.79 Å². The average molecular weight is 426 g/mol. The van der Waals surface area contributed by atoms with Gasteiger partial charge in [0, 0.05) is 18.3 Å². The van der Waals surface area contributed by atoms with Crippen molar-refractivity contribution in [2.45, 2.75) is 26.5 Å². The first-order valence-electron chi connectivity index (χ1n) is 9.63. The van der Waals surface area contributed by atoms with Crippen LogP contribution in [0.3, 0.4) is 0 Å². The Balaban J connectivity index is 1.71. The van der Waals surface area contributed by atoms with Crippen molar-refractivity contribution >= 4 is 23.5 Å². The van der Waals surface area contributed by atoms with Gasteiger partial charge >= 0.3 is 0 Å². The van der Waals surface area contributed by atoms with Crippen LogP contribution in [0.1, 0.15) is 34.1 Å². The van der Waals surface area contributed by atoms with Crippen molar-refractivity contribution in [3.8, 4) is 5.75 Å². The van der Waals surface area contributed by atoms with Crippen molar-refractivity contribution in [3.63, 3.8) is 0 Å². The smallest absolute Gasteiger partial charge is 0.209 e. The van der Waals surface area contributed by atoms with E-state index in [1.54, 1.807) is 19.2 Å². The average Bonchev–Trinajstić information content (AvgIpc) is 3.09. The molecule has 0 saturated carbocycles. The summed E-state index contributed by atoms with van der Waals surface area (Å²) in [6, 6.07) is 16.8. The second kappa shape index (κ2) is 10.3. The van der Waals surface area contributed by atoms with Gasteiger partial charge in [0.05, 0.1) is 10.7 Å². The van der Waals surface area contributed by atoms with Gasteiger partial charge in [0.1, 0.15) is 18.5 Å². The molecule has 1 aromatic heterocycles. The zero-order chi connectivity index (χ0) is 21.5. The van der Waals surface area contributed by atoms with Crippen molar-refractivity contribution in [1.82, 2.24) is 4.57 Å². The molecule has 30 heavy (non-hydrogen) atoms. The molecule has 5 nitrogen and oxygen atoms in total. The van der Waals surface area contributed by atoms with Crippen LogP contribution in [0, 0.1) is 6.92 Å². The first-order chi connectivity index (χ1) is 14.5. The Morgan fingerprint density at radius 2 is 1.97 bits per heavy atom. The molecular weight excluding hydrogens is 402 g/mol. The van der Waals surface area contributed by atoms with E-state index in [0.29, 0.717) is 28.6 Å². The summed E-state index contributed by atoms with van der Waals surface area (Å²) in [6.07, 6.45) is 5.39. The summed E-state index contributed by atoms with van der Waals surface area (Å²) in [5.74, 6) is 0.617. The maximum absolute atomic E-state index is 12.9. The number of rotatable bonds is 9. The van der Waals surface area contributed by atoms with Crippen molar-refractivity contribution in [1.29, 1.82) is 0 Å².